The Labute approximate surface area is 445 Å². The molecule has 0 saturated carbocycles. The number of amides is 1. The Bertz CT molecular complexity index is 1460. The van der Waals surface area contributed by atoms with E-state index in [0.717, 1.165) is 64.2 Å². The first-order chi connectivity index (χ1) is 35.7. The summed E-state index contributed by atoms with van der Waals surface area (Å²) >= 11 is 0. The van der Waals surface area contributed by atoms with E-state index >= 15 is 0 Å². The highest BCUT2D eigenvalue weighted by Gasteiger charge is 2.47. The lowest BCUT2D eigenvalue weighted by Crippen LogP contribution is -2.61. The first-order valence-electron chi connectivity index (χ1n) is 29.8. The van der Waals surface area contributed by atoms with Crippen LogP contribution in [0.25, 0.3) is 0 Å². The maximum atomic E-state index is 13.4. The van der Waals surface area contributed by atoms with Crippen LogP contribution in [0.2, 0.25) is 0 Å². The van der Waals surface area contributed by atoms with Gasteiger partial charge in [0.2, 0.25) is 5.91 Å². The van der Waals surface area contributed by atoms with Crippen molar-refractivity contribution in [1.29, 1.82) is 0 Å². The molecule has 8 atom stereocenters. The van der Waals surface area contributed by atoms with Crippen LogP contribution in [0.4, 0.5) is 0 Å². The Morgan fingerprint density at radius 1 is 0.548 bits per heavy atom. The molecule has 6 N–H and O–H groups in total. The summed E-state index contributed by atoms with van der Waals surface area (Å²) in [7, 11) is 0. The van der Waals surface area contributed by atoms with Crippen LogP contribution in [0.3, 0.4) is 0 Å². The fourth-order valence-electron chi connectivity index (χ4n) is 8.95. The molecule has 422 valence electrons. The largest absolute Gasteiger partial charge is 0.454 e. The van der Waals surface area contributed by atoms with Crippen LogP contribution in [0, 0.1) is 0 Å². The minimum atomic E-state index is -1.63. The van der Waals surface area contributed by atoms with E-state index in [9.17, 15) is 35.1 Å². The van der Waals surface area contributed by atoms with Crippen molar-refractivity contribution in [2.24, 2.45) is 0 Å². The molecule has 0 aromatic heterocycles. The van der Waals surface area contributed by atoms with Gasteiger partial charge in [-0.1, -0.05) is 241 Å². The second-order valence-corrected chi connectivity index (χ2v) is 20.4. The molecule has 11 nitrogen and oxygen atoms in total. The number of aliphatic hydroxyl groups is 5. The Morgan fingerprint density at radius 2 is 1.00 bits per heavy atom. The van der Waals surface area contributed by atoms with Crippen LogP contribution in [-0.4, -0.2) is 99.6 Å². The van der Waals surface area contributed by atoms with E-state index in [2.05, 4.69) is 50.4 Å². The average Bonchev–Trinajstić information content (AvgIpc) is 3.39. The van der Waals surface area contributed by atoms with Crippen molar-refractivity contribution in [3.8, 4) is 0 Å². The Balaban J connectivity index is 2.69. The third kappa shape index (κ3) is 38.3. The second-order valence-electron chi connectivity index (χ2n) is 20.4. The molecule has 1 aliphatic rings. The van der Waals surface area contributed by atoms with Crippen molar-refractivity contribution in [2.75, 3.05) is 13.2 Å². The molecule has 1 saturated heterocycles. The third-order valence-electron chi connectivity index (χ3n) is 13.7. The number of nitrogens with one attached hydrogen (secondary N) is 1. The molecule has 1 amide bonds. The quantitative estimate of drug-likeness (QED) is 0.0149. The number of allylic oxidation sites excluding steroid dienone is 11. The molecule has 0 radical (unpaired) electrons. The molecule has 0 bridgehead atoms. The van der Waals surface area contributed by atoms with Gasteiger partial charge in [0.05, 0.1) is 25.4 Å². The lowest BCUT2D eigenvalue weighted by atomic mass is 9.99. The summed E-state index contributed by atoms with van der Waals surface area (Å²) in [5.74, 6) is -1.24. The highest BCUT2D eigenvalue weighted by molar-refractivity contribution is 5.80. The zero-order chi connectivity index (χ0) is 53.3. The van der Waals surface area contributed by atoms with Crippen molar-refractivity contribution >= 4 is 11.9 Å². The molecule has 11 heteroatoms. The topological polar surface area (TPSA) is 175 Å². The Hall–Kier alpha value is -2.90. The number of esters is 1. The SMILES string of the molecule is CC/C=C/C=C/C=C\C=C/CCCCCC(=O)OC1C(OCC(NC(=O)C(O)CCCCCCCCCCCC/C=C/CCCCCCCC)C(O)/C=C/CCCCCCCCCCC)OC(CO)C(O)C1O. The van der Waals surface area contributed by atoms with Gasteiger partial charge in [0, 0.05) is 6.42 Å². The minimum Gasteiger partial charge on any atom is -0.454 e. The normalized spacial score (nSPS) is 19.9. The molecule has 1 aliphatic heterocycles. The van der Waals surface area contributed by atoms with Gasteiger partial charge >= 0.3 is 5.97 Å². The Morgan fingerprint density at radius 3 is 1.52 bits per heavy atom. The zero-order valence-corrected chi connectivity index (χ0v) is 46.5. The molecule has 8 unspecified atom stereocenters. The number of carbonyl (C=O) groups excluding carboxylic acids is 2. The maximum absolute atomic E-state index is 13.4. The van der Waals surface area contributed by atoms with E-state index < -0.39 is 67.4 Å². The average molecular weight is 1030 g/mol. The number of ether oxygens (including phenoxy) is 3. The first-order valence-corrected chi connectivity index (χ1v) is 29.8. The molecule has 0 aromatic carbocycles. The summed E-state index contributed by atoms with van der Waals surface area (Å²) in [6.45, 7) is 5.60. The second kappa shape index (κ2) is 49.9. The monoisotopic (exact) mass is 1030 g/mol. The van der Waals surface area contributed by atoms with Crippen LogP contribution in [0.15, 0.2) is 72.9 Å². The van der Waals surface area contributed by atoms with E-state index in [1.165, 1.54) is 135 Å². The molecular formula is C62H109NO10. The number of hydrogen-bond acceptors (Lipinski definition) is 10. The fourth-order valence-corrected chi connectivity index (χ4v) is 8.95. The number of rotatable bonds is 49. The van der Waals surface area contributed by atoms with Gasteiger partial charge < -0.3 is 45.1 Å². The summed E-state index contributed by atoms with van der Waals surface area (Å²) in [5.41, 5.74) is 0. The van der Waals surface area contributed by atoms with Crippen molar-refractivity contribution in [2.45, 2.75) is 294 Å². The summed E-state index contributed by atoms with van der Waals surface area (Å²) < 4.78 is 17.5. The standard InChI is InChI=1S/C62H109NO10/c1-4-7-10-13-16-19-22-24-25-26-27-28-29-30-32-34-37-40-43-46-49-55(66)61(70)63-53(54(65)48-45-42-39-36-33-21-18-15-12-9-6-3)52-71-62-60(59(69)58(68)56(51-64)72-62)73-57(67)50-47-44-41-38-35-31-23-20-17-14-11-8-5-2/h8,11,14,17,20,23-25,31,35,45,48,53-56,58-60,62,64-66,68-69H,4-7,9-10,12-13,15-16,18-19,21-22,26-30,32-34,36-44,46-47,49-52H2,1-3H3,(H,63,70)/b11-8+,17-14+,23-20-,25-24+,35-31-,48-45+. The van der Waals surface area contributed by atoms with Crippen LogP contribution < -0.4 is 5.32 Å². The van der Waals surface area contributed by atoms with E-state index in [0.29, 0.717) is 12.8 Å². The van der Waals surface area contributed by atoms with Crippen LogP contribution in [0.5, 0.6) is 0 Å². The van der Waals surface area contributed by atoms with E-state index in [1.807, 2.05) is 42.5 Å². The van der Waals surface area contributed by atoms with Gasteiger partial charge in [-0.15, -0.1) is 0 Å². The number of carbonyl (C=O) groups is 2. The highest BCUT2D eigenvalue weighted by Crippen LogP contribution is 2.26. The summed E-state index contributed by atoms with van der Waals surface area (Å²) in [6, 6.07) is -1.03. The molecule has 0 aliphatic carbocycles. The molecule has 1 rings (SSSR count). The number of aliphatic hydroxyl groups excluding tert-OH is 5. The van der Waals surface area contributed by atoms with Gasteiger partial charge in [-0.2, -0.15) is 0 Å². The van der Waals surface area contributed by atoms with Gasteiger partial charge in [0.25, 0.3) is 0 Å². The number of hydrogen-bond donors (Lipinski definition) is 6. The van der Waals surface area contributed by atoms with Crippen LogP contribution in [0.1, 0.15) is 245 Å². The van der Waals surface area contributed by atoms with Gasteiger partial charge in [-0.05, 0) is 70.6 Å². The van der Waals surface area contributed by atoms with Crippen LogP contribution >= 0.6 is 0 Å². The maximum Gasteiger partial charge on any atom is 0.306 e. The highest BCUT2D eigenvalue weighted by atomic mass is 16.7. The molecule has 73 heavy (non-hydrogen) atoms. The lowest BCUT2D eigenvalue weighted by Gasteiger charge is -2.41. The number of unbranched alkanes of at least 4 members (excludes halogenated alkanes) is 28. The van der Waals surface area contributed by atoms with Gasteiger partial charge in [-0.25, -0.2) is 0 Å². The molecule has 0 spiro atoms. The third-order valence-corrected chi connectivity index (χ3v) is 13.7. The predicted molar refractivity (Wildman–Crippen MR) is 301 cm³/mol. The van der Waals surface area contributed by atoms with Crippen molar-refractivity contribution in [3.63, 3.8) is 0 Å². The van der Waals surface area contributed by atoms with Crippen molar-refractivity contribution in [3.05, 3.63) is 72.9 Å². The fraction of sp³-hybridized carbons (Fsp3) is 0.774. The lowest BCUT2D eigenvalue weighted by molar-refractivity contribution is -0.305. The van der Waals surface area contributed by atoms with Gasteiger partial charge in [0.1, 0.15) is 24.4 Å². The van der Waals surface area contributed by atoms with Crippen molar-refractivity contribution in [1.82, 2.24) is 5.32 Å². The summed E-state index contributed by atoms with van der Waals surface area (Å²) in [5, 5.41) is 56.8. The Kier molecular flexibility index (Phi) is 46.6. The first kappa shape index (κ1) is 68.1. The summed E-state index contributed by atoms with van der Waals surface area (Å²) in [4.78, 5) is 26.4. The van der Waals surface area contributed by atoms with Gasteiger partial charge in [0.15, 0.2) is 12.4 Å². The van der Waals surface area contributed by atoms with E-state index in [-0.39, 0.29) is 19.4 Å². The van der Waals surface area contributed by atoms with E-state index in [4.69, 9.17) is 14.2 Å². The molecule has 0 aromatic rings. The molecule has 1 heterocycles. The molecule has 1 fully saturated rings. The smallest absolute Gasteiger partial charge is 0.306 e. The van der Waals surface area contributed by atoms with Gasteiger partial charge in [-0.3, -0.25) is 9.59 Å². The van der Waals surface area contributed by atoms with E-state index in [1.54, 1.807) is 6.08 Å². The zero-order valence-electron chi connectivity index (χ0n) is 46.5. The minimum absolute atomic E-state index is 0.0754. The molecular weight excluding hydrogens is 919 g/mol. The summed E-state index contributed by atoms with van der Waals surface area (Å²) in [6.07, 6.45) is 52.4. The van der Waals surface area contributed by atoms with Crippen molar-refractivity contribution < 1.29 is 49.3 Å². The predicted octanol–water partition coefficient (Wildman–Crippen LogP) is 13.6. The van der Waals surface area contributed by atoms with Crippen LogP contribution in [-0.2, 0) is 23.8 Å².